The van der Waals surface area contributed by atoms with E-state index in [2.05, 4.69) is 11.3 Å². The second kappa shape index (κ2) is 5.65. The number of allylic oxidation sites excluding steroid dienone is 1. The van der Waals surface area contributed by atoms with Crippen LogP contribution in [0.15, 0.2) is 12.2 Å². The SMILES string of the molecule is C=C(CCC(=O)OC)C1CCC(C)(O)C1CO. The Balaban J connectivity index is 2.55. The predicted molar refractivity (Wildman–Crippen MR) is 64.3 cm³/mol. The Kier molecular flexibility index (Phi) is 4.71. The first-order valence-electron chi connectivity index (χ1n) is 6.00. The molecule has 0 aromatic rings. The Morgan fingerprint density at radius 2 is 2.18 bits per heavy atom. The van der Waals surface area contributed by atoms with E-state index in [9.17, 15) is 15.0 Å². The zero-order chi connectivity index (χ0) is 13.1. The average molecular weight is 242 g/mol. The van der Waals surface area contributed by atoms with Crippen LogP contribution in [0, 0.1) is 11.8 Å². The molecule has 3 unspecified atom stereocenters. The molecule has 0 spiro atoms. The van der Waals surface area contributed by atoms with Crippen LogP contribution < -0.4 is 0 Å². The van der Waals surface area contributed by atoms with Crippen LogP contribution in [0.1, 0.15) is 32.6 Å². The Hall–Kier alpha value is -0.870. The van der Waals surface area contributed by atoms with E-state index >= 15 is 0 Å². The second-order valence-electron chi connectivity index (χ2n) is 5.03. The molecular weight excluding hydrogens is 220 g/mol. The molecule has 0 aliphatic heterocycles. The minimum Gasteiger partial charge on any atom is -0.469 e. The molecule has 0 aromatic heterocycles. The summed E-state index contributed by atoms with van der Waals surface area (Å²) in [6.45, 7) is 5.68. The van der Waals surface area contributed by atoms with Gasteiger partial charge >= 0.3 is 5.97 Å². The first-order chi connectivity index (χ1) is 7.92. The molecule has 0 saturated heterocycles. The van der Waals surface area contributed by atoms with Crippen molar-refractivity contribution in [2.75, 3.05) is 13.7 Å². The minimum atomic E-state index is -0.826. The number of rotatable bonds is 5. The second-order valence-corrected chi connectivity index (χ2v) is 5.03. The summed E-state index contributed by atoms with van der Waals surface area (Å²) < 4.78 is 4.58. The number of hydrogen-bond donors (Lipinski definition) is 2. The summed E-state index contributed by atoms with van der Waals surface area (Å²) in [5.74, 6) is -0.330. The zero-order valence-electron chi connectivity index (χ0n) is 10.6. The molecule has 1 rings (SSSR count). The number of carbonyl (C=O) groups is 1. The van der Waals surface area contributed by atoms with E-state index < -0.39 is 5.60 Å². The maximum absolute atomic E-state index is 11.0. The normalized spacial score (nSPS) is 32.5. The van der Waals surface area contributed by atoms with Gasteiger partial charge in [0.2, 0.25) is 0 Å². The molecule has 1 aliphatic carbocycles. The molecule has 0 aromatic carbocycles. The van der Waals surface area contributed by atoms with E-state index in [1.54, 1.807) is 6.92 Å². The molecule has 0 amide bonds. The Morgan fingerprint density at radius 1 is 1.53 bits per heavy atom. The van der Waals surface area contributed by atoms with E-state index in [4.69, 9.17) is 0 Å². The summed E-state index contributed by atoms with van der Waals surface area (Å²) >= 11 is 0. The summed E-state index contributed by atoms with van der Waals surface area (Å²) in [4.78, 5) is 11.0. The molecular formula is C13H22O4. The van der Waals surface area contributed by atoms with Crippen molar-refractivity contribution in [2.45, 2.75) is 38.2 Å². The molecule has 0 heterocycles. The third kappa shape index (κ3) is 3.30. The van der Waals surface area contributed by atoms with Gasteiger partial charge in [0.05, 0.1) is 12.7 Å². The van der Waals surface area contributed by atoms with Crippen molar-refractivity contribution in [1.82, 2.24) is 0 Å². The van der Waals surface area contributed by atoms with Gasteiger partial charge in [-0.25, -0.2) is 0 Å². The first-order valence-corrected chi connectivity index (χ1v) is 6.00. The highest BCUT2D eigenvalue weighted by Gasteiger charge is 2.44. The van der Waals surface area contributed by atoms with Crippen LogP contribution in [-0.4, -0.2) is 35.5 Å². The van der Waals surface area contributed by atoms with E-state index in [0.29, 0.717) is 19.3 Å². The Labute approximate surface area is 102 Å². The van der Waals surface area contributed by atoms with Crippen LogP contribution >= 0.6 is 0 Å². The van der Waals surface area contributed by atoms with Gasteiger partial charge in [0, 0.05) is 18.9 Å². The Morgan fingerprint density at radius 3 is 2.71 bits per heavy atom. The third-order valence-electron chi connectivity index (χ3n) is 3.84. The highest BCUT2D eigenvalue weighted by Crippen LogP contribution is 2.43. The molecule has 1 fully saturated rings. The van der Waals surface area contributed by atoms with Gasteiger partial charge in [0.25, 0.3) is 0 Å². The standard InChI is InChI=1S/C13H22O4/c1-9(4-5-12(15)17-3)10-6-7-13(2,16)11(10)8-14/h10-11,14,16H,1,4-8H2,2-3H3. The van der Waals surface area contributed by atoms with Crippen molar-refractivity contribution in [3.63, 3.8) is 0 Å². The van der Waals surface area contributed by atoms with E-state index in [-0.39, 0.29) is 24.4 Å². The van der Waals surface area contributed by atoms with Gasteiger partial charge in [0.1, 0.15) is 0 Å². The first kappa shape index (κ1) is 14.2. The third-order valence-corrected chi connectivity index (χ3v) is 3.84. The topological polar surface area (TPSA) is 66.8 Å². The van der Waals surface area contributed by atoms with Gasteiger partial charge in [-0.1, -0.05) is 12.2 Å². The molecule has 1 aliphatic rings. The summed E-state index contributed by atoms with van der Waals surface area (Å²) in [6, 6.07) is 0. The van der Waals surface area contributed by atoms with Crippen molar-refractivity contribution in [3.8, 4) is 0 Å². The molecule has 0 radical (unpaired) electrons. The van der Waals surface area contributed by atoms with Crippen LogP contribution in [0.4, 0.5) is 0 Å². The lowest BCUT2D eigenvalue weighted by Crippen LogP contribution is -2.34. The van der Waals surface area contributed by atoms with Gasteiger partial charge in [-0.3, -0.25) is 4.79 Å². The van der Waals surface area contributed by atoms with E-state index in [1.165, 1.54) is 7.11 Å². The molecule has 3 atom stereocenters. The fraction of sp³-hybridized carbons (Fsp3) is 0.769. The lowest BCUT2D eigenvalue weighted by Gasteiger charge is -2.28. The van der Waals surface area contributed by atoms with E-state index in [1.807, 2.05) is 0 Å². The Bertz CT molecular complexity index is 296. The number of aliphatic hydroxyl groups excluding tert-OH is 1. The van der Waals surface area contributed by atoms with Crippen LogP contribution in [0.25, 0.3) is 0 Å². The van der Waals surface area contributed by atoms with Crippen molar-refractivity contribution < 1.29 is 19.7 Å². The number of methoxy groups -OCH3 is 1. The molecule has 4 nitrogen and oxygen atoms in total. The lowest BCUT2D eigenvalue weighted by molar-refractivity contribution is -0.140. The van der Waals surface area contributed by atoms with Gasteiger partial charge in [-0.05, 0) is 32.1 Å². The number of aliphatic hydroxyl groups is 2. The van der Waals surface area contributed by atoms with Crippen LogP contribution in [0.2, 0.25) is 0 Å². The molecule has 2 N–H and O–H groups in total. The quantitative estimate of drug-likeness (QED) is 0.562. The summed E-state index contributed by atoms with van der Waals surface area (Å²) in [6.07, 6.45) is 2.36. The maximum Gasteiger partial charge on any atom is 0.305 e. The van der Waals surface area contributed by atoms with Gasteiger partial charge in [-0.15, -0.1) is 0 Å². The summed E-state index contributed by atoms with van der Waals surface area (Å²) in [7, 11) is 1.36. The largest absolute Gasteiger partial charge is 0.469 e. The van der Waals surface area contributed by atoms with Crippen molar-refractivity contribution >= 4 is 5.97 Å². The number of ether oxygens (including phenoxy) is 1. The summed E-state index contributed by atoms with van der Waals surface area (Å²) in [5, 5.41) is 19.5. The molecule has 0 bridgehead atoms. The fourth-order valence-electron chi connectivity index (χ4n) is 2.63. The van der Waals surface area contributed by atoms with E-state index in [0.717, 1.165) is 12.0 Å². The number of hydrogen-bond acceptors (Lipinski definition) is 4. The van der Waals surface area contributed by atoms with Crippen LogP contribution in [0.3, 0.4) is 0 Å². The molecule has 1 saturated carbocycles. The van der Waals surface area contributed by atoms with Crippen molar-refractivity contribution in [3.05, 3.63) is 12.2 Å². The lowest BCUT2D eigenvalue weighted by atomic mass is 9.82. The fourth-order valence-corrected chi connectivity index (χ4v) is 2.63. The van der Waals surface area contributed by atoms with Gasteiger partial charge < -0.3 is 14.9 Å². The van der Waals surface area contributed by atoms with Crippen LogP contribution in [0.5, 0.6) is 0 Å². The van der Waals surface area contributed by atoms with Crippen LogP contribution in [-0.2, 0) is 9.53 Å². The van der Waals surface area contributed by atoms with Gasteiger partial charge in [-0.2, -0.15) is 0 Å². The van der Waals surface area contributed by atoms with Gasteiger partial charge in [0.15, 0.2) is 0 Å². The predicted octanol–water partition coefficient (Wildman–Crippen LogP) is 1.27. The minimum absolute atomic E-state index is 0.0467. The number of carbonyl (C=O) groups excluding carboxylic acids is 1. The maximum atomic E-state index is 11.0. The summed E-state index contributed by atoms with van der Waals surface area (Å²) in [5.41, 5.74) is 0.0976. The smallest absolute Gasteiger partial charge is 0.305 e. The monoisotopic (exact) mass is 242 g/mol. The molecule has 98 valence electrons. The zero-order valence-corrected chi connectivity index (χ0v) is 10.6. The van der Waals surface area contributed by atoms with Crippen molar-refractivity contribution in [2.24, 2.45) is 11.8 Å². The highest BCUT2D eigenvalue weighted by atomic mass is 16.5. The highest BCUT2D eigenvalue weighted by molar-refractivity contribution is 5.69. The number of esters is 1. The molecule has 4 heteroatoms. The molecule has 17 heavy (non-hydrogen) atoms. The average Bonchev–Trinajstić information content (AvgIpc) is 2.60. The van der Waals surface area contributed by atoms with Crippen molar-refractivity contribution in [1.29, 1.82) is 0 Å².